The van der Waals surface area contributed by atoms with E-state index in [0.29, 0.717) is 50.0 Å². The molecule has 0 spiro atoms. The summed E-state index contributed by atoms with van der Waals surface area (Å²) in [6, 6.07) is 15.3. The molecule has 0 N–H and O–H groups in total. The Morgan fingerprint density at radius 1 is 1.00 bits per heavy atom. The lowest BCUT2D eigenvalue weighted by molar-refractivity contribution is -0.133. The number of Topliss-reactive ketones (excluding diaryl/α,β-unsaturated/α-hetero) is 1. The maximum Gasteiger partial charge on any atom is 0.236 e. The van der Waals surface area contributed by atoms with Crippen LogP contribution >= 0.6 is 0 Å². The van der Waals surface area contributed by atoms with Crippen molar-refractivity contribution < 1.29 is 14.0 Å². The van der Waals surface area contributed by atoms with E-state index < -0.39 is 0 Å². The number of ketones is 1. The smallest absolute Gasteiger partial charge is 0.236 e. The van der Waals surface area contributed by atoms with Crippen LogP contribution in [0.1, 0.15) is 41.7 Å². The molecule has 0 bridgehead atoms. The highest BCUT2D eigenvalue weighted by molar-refractivity contribution is 5.94. The minimum atomic E-state index is -0.384. The topological polar surface area (TPSA) is 43.9 Å². The van der Waals surface area contributed by atoms with Gasteiger partial charge in [-0.2, -0.15) is 0 Å². The fourth-order valence-electron chi connectivity index (χ4n) is 4.52. The molecule has 2 aliphatic rings. The summed E-state index contributed by atoms with van der Waals surface area (Å²) in [5.74, 6) is -0.387. The Morgan fingerprint density at radius 2 is 1.73 bits per heavy atom. The predicted octanol–water partition coefficient (Wildman–Crippen LogP) is 3.51. The molecule has 0 aromatic heterocycles. The third-order valence-electron chi connectivity index (χ3n) is 6.21. The Labute approximate surface area is 177 Å². The number of benzene rings is 2. The van der Waals surface area contributed by atoms with Gasteiger partial charge in [0.05, 0.1) is 12.2 Å². The number of likely N-dealkylation sites (tertiary alicyclic amines) is 1. The van der Waals surface area contributed by atoms with Crippen molar-refractivity contribution in [2.45, 2.75) is 25.8 Å². The summed E-state index contributed by atoms with van der Waals surface area (Å²) in [6.07, 6.45) is 2.19. The van der Waals surface area contributed by atoms with Crippen molar-refractivity contribution in [2.75, 3.05) is 44.2 Å². The Kier molecular flexibility index (Phi) is 6.13. The molecule has 1 atom stereocenters. The minimum absolute atomic E-state index is 0.143. The summed E-state index contributed by atoms with van der Waals surface area (Å²) < 4.78 is 14.4. The van der Waals surface area contributed by atoms with Crippen molar-refractivity contribution in [1.29, 1.82) is 0 Å². The highest BCUT2D eigenvalue weighted by atomic mass is 19.1. The van der Waals surface area contributed by atoms with Gasteiger partial charge in [-0.15, -0.1) is 0 Å². The van der Waals surface area contributed by atoms with Crippen molar-refractivity contribution in [3.05, 3.63) is 65.5 Å². The van der Waals surface area contributed by atoms with Crippen LogP contribution in [0.5, 0.6) is 0 Å². The predicted molar refractivity (Wildman–Crippen MR) is 115 cm³/mol. The van der Waals surface area contributed by atoms with Crippen molar-refractivity contribution in [2.24, 2.45) is 0 Å². The molecular weight excluding hydrogens is 381 g/mol. The van der Waals surface area contributed by atoms with Gasteiger partial charge in [0.25, 0.3) is 0 Å². The molecular formula is C24H28FN3O2. The van der Waals surface area contributed by atoms with Crippen LogP contribution in [0.3, 0.4) is 0 Å². The number of rotatable bonds is 5. The second-order valence-corrected chi connectivity index (χ2v) is 8.13. The second kappa shape index (κ2) is 8.96. The van der Waals surface area contributed by atoms with Gasteiger partial charge in [0, 0.05) is 37.8 Å². The number of hydrogen-bond acceptors (Lipinski definition) is 4. The molecule has 2 fully saturated rings. The highest BCUT2D eigenvalue weighted by Gasteiger charge is 2.30. The zero-order valence-electron chi connectivity index (χ0n) is 17.4. The first-order valence-electron chi connectivity index (χ1n) is 10.6. The largest absolute Gasteiger partial charge is 0.366 e. The second-order valence-electron chi connectivity index (χ2n) is 8.13. The fourth-order valence-corrected chi connectivity index (χ4v) is 4.52. The molecule has 2 saturated heterocycles. The number of nitrogens with zero attached hydrogens (tertiary/aromatic N) is 3. The first kappa shape index (κ1) is 20.5. The summed E-state index contributed by atoms with van der Waals surface area (Å²) in [7, 11) is 0. The van der Waals surface area contributed by atoms with E-state index in [4.69, 9.17) is 0 Å². The molecule has 0 aliphatic carbocycles. The summed E-state index contributed by atoms with van der Waals surface area (Å²) in [5.41, 5.74) is 2.15. The molecule has 0 saturated carbocycles. The Morgan fingerprint density at radius 3 is 2.40 bits per heavy atom. The van der Waals surface area contributed by atoms with Crippen molar-refractivity contribution >= 4 is 17.4 Å². The van der Waals surface area contributed by atoms with Crippen LogP contribution in [-0.4, -0.2) is 60.8 Å². The minimum Gasteiger partial charge on any atom is -0.366 e. The maximum absolute atomic E-state index is 14.4. The molecule has 0 radical (unpaired) electrons. The molecule has 4 rings (SSSR count). The number of anilines is 1. The summed E-state index contributed by atoms with van der Waals surface area (Å²) in [4.78, 5) is 30.5. The van der Waals surface area contributed by atoms with Crippen molar-refractivity contribution in [3.8, 4) is 0 Å². The van der Waals surface area contributed by atoms with Gasteiger partial charge in [0.2, 0.25) is 5.91 Å². The lowest BCUT2D eigenvalue weighted by Crippen LogP contribution is -2.51. The molecule has 5 nitrogen and oxygen atoms in total. The standard InChI is InChI=1S/C24H28FN3O2/c1-18(29)20-9-10-23(21(25)16-20)26-12-14-27(15-13-26)24(30)17-28-11-5-8-22(28)19-6-3-2-4-7-19/h2-4,6-7,9-10,16,22H,5,8,11-15,17H2,1H3. The Hall–Kier alpha value is -2.73. The van der Waals surface area contributed by atoms with Crippen molar-refractivity contribution in [1.82, 2.24) is 9.80 Å². The molecule has 6 heteroatoms. The van der Waals surface area contributed by atoms with Crippen LogP contribution in [0.2, 0.25) is 0 Å². The number of carbonyl (C=O) groups excluding carboxylic acids is 2. The summed E-state index contributed by atoms with van der Waals surface area (Å²) in [5, 5.41) is 0. The number of piperazine rings is 1. The lowest BCUT2D eigenvalue weighted by Gasteiger charge is -2.37. The highest BCUT2D eigenvalue weighted by Crippen LogP contribution is 2.31. The van der Waals surface area contributed by atoms with Gasteiger partial charge in [0.1, 0.15) is 5.82 Å². The number of hydrogen-bond donors (Lipinski definition) is 0. The average Bonchev–Trinajstić information content (AvgIpc) is 3.22. The van der Waals surface area contributed by atoms with E-state index in [1.54, 1.807) is 12.1 Å². The third-order valence-corrected chi connectivity index (χ3v) is 6.21. The average molecular weight is 410 g/mol. The van der Waals surface area contributed by atoms with Gasteiger partial charge in [-0.25, -0.2) is 4.39 Å². The summed E-state index contributed by atoms with van der Waals surface area (Å²) in [6.45, 7) is 5.14. The van der Waals surface area contributed by atoms with Crippen LogP contribution in [0.15, 0.2) is 48.5 Å². The van der Waals surface area contributed by atoms with Crippen LogP contribution < -0.4 is 4.90 Å². The summed E-state index contributed by atoms with van der Waals surface area (Å²) >= 11 is 0. The van der Waals surface area contributed by atoms with E-state index in [-0.39, 0.29) is 17.5 Å². The third kappa shape index (κ3) is 4.38. The van der Waals surface area contributed by atoms with Crippen molar-refractivity contribution in [3.63, 3.8) is 0 Å². The van der Waals surface area contributed by atoms with Crippen LogP contribution in [0.4, 0.5) is 10.1 Å². The van der Waals surface area contributed by atoms with Crippen LogP contribution in [0.25, 0.3) is 0 Å². The fraction of sp³-hybridized carbons (Fsp3) is 0.417. The van der Waals surface area contributed by atoms with Gasteiger partial charge in [0.15, 0.2) is 5.78 Å². The zero-order chi connectivity index (χ0) is 21.1. The lowest BCUT2D eigenvalue weighted by atomic mass is 10.0. The molecule has 2 aliphatic heterocycles. The molecule has 1 amide bonds. The number of amides is 1. The molecule has 2 aromatic rings. The zero-order valence-corrected chi connectivity index (χ0v) is 17.4. The molecule has 30 heavy (non-hydrogen) atoms. The maximum atomic E-state index is 14.4. The van der Waals surface area contributed by atoms with E-state index in [1.165, 1.54) is 18.6 Å². The Bertz CT molecular complexity index is 910. The quantitative estimate of drug-likeness (QED) is 0.709. The van der Waals surface area contributed by atoms with Gasteiger partial charge in [-0.1, -0.05) is 30.3 Å². The SMILES string of the molecule is CC(=O)c1ccc(N2CCN(C(=O)CN3CCCC3c3ccccc3)CC2)c(F)c1. The number of halogens is 1. The van der Waals surface area contributed by atoms with Gasteiger partial charge in [-0.3, -0.25) is 14.5 Å². The van der Waals surface area contributed by atoms with E-state index in [9.17, 15) is 14.0 Å². The van der Waals surface area contributed by atoms with E-state index in [2.05, 4.69) is 29.2 Å². The first-order valence-corrected chi connectivity index (χ1v) is 10.6. The molecule has 158 valence electrons. The normalized spacial score (nSPS) is 19.9. The van der Waals surface area contributed by atoms with Gasteiger partial charge >= 0.3 is 0 Å². The monoisotopic (exact) mass is 409 g/mol. The van der Waals surface area contributed by atoms with E-state index >= 15 is 0 Å². The van der Waals surface area contributed by atoms with Gasteiger partial charge in [-0.05, 0) is 50.1 Å². The van der Waals surface area contributed by atoms with Crippen LogP contribution in [0, 0.1) is 5.82 Å². The molecule has 2 heterocycles. The van der Waals surface area contributed by atoms with E-state index in [1.807, 2.05) is 15.9 Å². The Balaban J connectivity index is 1.34. The van der Waals surface area contributed by atoms with E-state index in [0.717, 1.165) is 19.4 Å². The number of carbonyl (C=O) groups is 2. The first-order chi connectivity index (χ1) is 14.5. The molecule has 1 unspecified atom stereocenters. The van der Waals surface area contributed by atoms with Crippen LogP contribution in [-0.2, 0) is 4.79 Å². The molecule has 2 aromatic carbocycles. The van der Waals surface area contributed by atoms with Gasteiger partial charge < -0.3 is 9.80 Å².